The zero-order chi connectivity index (χ0) is 13.9. The summed E-state index contributed by atoms with van der Waals surface area (Å²) in [6, 6.07) is 7.09. The Hall–Kier alpha value is -1.35. The Balaban J connectivity index is 1.98. The van der Waals surface area contributed by atoms with Gasteiger partial charge in [-0.15, -0.1) is 6.58 Å². The minimum absolute atomic E-state index is 0.372. The van der Waals surface area contributed by atoms with E-state index in [-0.39, 0.29) is 5.82 Å². The van der Waals surface area contributed by atoms with Gasteiger partial charge in [0.05, 0.1) is 6.61 Å². The van der Waals surface area contributed by atoms with Crippen LogP contribution in [0.4, 0.5) is 4.39 Å². The molecule has 0 unspecified atom stereocenters. The van der Waals surface area contributed by atoms with Gasteiger partial charge in [-0.05, 0) is 38.6 Å². The van der Waals surface area contributed by atoms with Gasteiger partial charge in [-0.25, -0.2) is 4.39 Å². The molecule has 0 aliphatic rings. The van der Waals surface area contributed by atoms with E-state index < -0.39 is 0 Å². The van der Waals surface area contributed by atoms with Crippen molar-refractivity contribution in [1.82, 2.24) is 4.90 Å². The molecule has 0 aliphatic heterocycles. The molecule has 0 bridgehead atoms. The standard InChI is InChI=1S/C16H23FNO/c1-3-11-18(2)12-6-4-5-7-13-19-16-10-8-9-15(17)14-16/h3,8,10,14H,1,4-7,11-13H2,2H3. The van der Waals surface area contributed by atoms with Crippen molar-refractivity contribution < 1.29 is 9.13 Å². The number of ether oxygens (including phenoxy) is 1. The van der Waals surface area contributed by atoms with Gasteiger partial charge >= 0.3 is 0 Å². The summed E-state index contributed by atoms with van der Waals surface area (Å²) < 4.78 is 18.3. The van der Waals surface area contributed by atoms with E-state index in [1.807, 2.05) is 6.08 Å². The van der Waals surface area contributed by atoms with E-state index >= 15 is 0 Å². The van der Waals surface area contributed by atoms with Crippen molar-refractivity contribution in [2.24, 2.45) is 0 Å². The average Bonchev–Trinajstić information content (AvgIpc) is 2.38. The Morgan fingerprint density at radius 2 is 2.16 bits per heavy atom. The summed E-state index contributed by atoms with van der Waals surface area (Å²) in [5, 5.41) is 0. The number of halogens is 1. The molecule has 3 heteroatoms. The number of benzene rings is 1. The Morgan fingerprint density at radius 1 is 1.37 bits per heavy atom. The maximum absolute atomic E-state index is 12.8. The van der Waals surface area contributed by atoms with Crippen LogP contribution >= 0.6 is 0 Å². The van der Waals surface area contributed by atoms with Crippen molar-refractivity contribution in [3.05, 3.63) is 42.7 Å². The lowest BCUT2D eigenvalue weighted by atomic mass is 10.2. The van der Waals surface area contributed by atoms with Crippen molar-refractivity contribution in [3.8, 4) is 5.75 Å². The first kappa shape index (κ1) is 15.7. The van der Waals surface area contributed by atoms with Gasteiger partial charge in [-0.3, -0.25) is 0 Å². The van der Waals surface area contributed by atoms with E-state index in [1.54, 1.807) is 12.1 Å². The van der Waals surface area contributed by atoms with Crippen molar-refractivity contribution >= 4 is 0 Å². The average molecular weight is 264 g/mol. The summed E-state index contributed by atoms with van der Waals surface area (Å²) >= 11 is 0. The third kappa shape index (κ3) is 7.62. The van der Waals surface area contributed by atoms with E-state index in [9.17, 15) is 4.39 Å². The van der Waals surface area contributed by atoms with Crippen LogP contribution in [-0.2, 0) is 0 Å². The number of hydrogen-bond donors (Lipinski definition) is 0. The number of hydrogen-bond acceptors (Lipinski definition) is 2. The number of nitrogens with zero attached hydrogens (tertiary/aromatic N) is 1. The van der Waals surface area contributed by atoms with Crippen LogP contribution in [0.5, 0.6) is 5.75 Å². The highest BCUT2D eigenvalue weighted by atomic mass is 19.1. The molecule has 0 aliphatic carbocycles. The van der Waals surface area contributed by atoms with Crippen LogP contribution in [0.25, 0.3) is 0 Å². The number of likely N-dealkylation sites (N-methyl/N-ethyl adjacent to an activating group) is 1. The molecule has 0 amide bonds. The first-order valence-electron chi connectivity index (χ1n) is 6.82. The Bertz CT molecular complexity index is 368. The lowest BCUT2D eigenvalue weighted by Gasteiger charge is -2.13. The lowest BCUT2D eigenvalue weighted by molar-refractivity contribution is 0.299. The molecule has 19 heavy (non-hydrogen) atoms. The van der Waals surface area contributed by atoms with E-state index in [1.165, 1.54) is 18.9 Å². The second-order valence-corrected chi connectivity index (χ2v) is 4.69. The minimum Gasteiger partial charge on any atom is -0.493 e. The second kappa shape index (κ2) is 9.56. The van der Waals surface area contributed by atoms with Crippen molar-refractivity contribution in [3.63, 3.8) is 0 Å². The molecular weight excluding hydrogens is 241 g/mol. The zero-order valence-electron chi connectivity index (χ0n) is 11.7. The van der Waals surface area contributed by atoms with Gasteiger partial charge in [0.1, 0.15) is 11.6 Å². The molecule has 1 aromatic rings. The number of rotatable bonds is 10. The summed E-state index contributed by atoms with van der Waals surface area (Å²) in [5.74, 6) is 0.213. The smallest absolute Gasteiger partial charge is 0.134 e. The molecule has 1 rings (SSSR count). The van der Waals surface area contributed by atoms with Gasteiger partial charge in [-0.1, -0.05) is 18.9 Å². The van der Waals surface area contributed by atoms with Crippen molar-refractivity contribution in [1.29, 1.82) is 0 Å². The van der Waals surface area contributed by atoms with E-state index in [2.05, 4.69) is 24.6 Å². The molecule has 2 nitrogen and oxygen atoms in total. The molecule has 0 fully saturated rings. The van der Waals surface area contributed by atoms with Gasteiger partial charge in [-0.2, -0.15) is 0 Å². The molecular formula is C16H23FNO. The highest BCUT2D eigenvalue weighted by Crippen LogP contribution is 2.12. The van der Waals surface area contributed by atoms with E-state index in [0.29, 0.717) is 12.4 Å². The third-order valence-electron chi connectivity index (χ3n) is 2.88. The topological polar surface area (TPSA) is 12.5 Å². The van der Waals surface area contributed by atoms with Crippen LogP contribution in [-0.4, -0.2) is 31.6 Å². The second-order valence-electron chi connectivity index (χ2n) is 4.69. The van der Waals surface area contributed by atoms with Gasteiger partial charge in [0.2, 0.25) is 0 Å². The van der Waals surface area contributed by atoms with Gasteiger partial charge in [0.25, 0.3) is 0 Å². The van der Waals surface area contributed by atoms with Crippen molar-refractivity contribution in [2.75, 3.05) is 26.7 Å². The summed E-state index contributed by atoms with van der Waals surface area (Å²) in [4.78, 5) is 2.26. The molecule has 105 valence electrons. The molecule has 0 spiro atoms. The molecule has 0 heterocycles. The Kier molecular flexibility index (Phi) is 7.91. The van der Waals surface area contributed by atoms with E-state index in [0.717, 1.165) is 25.9 Å². The highest BCUT2D eigenvalue weighted by molar-refractivity contribution is 5.21. The fourth-order valence-electron chi connectivity index (χ4n) is 1.85. The maximum atomic E-state index is 12.8. The summed E-state index contributed by atoms with van der Waals surface area (Å²) in [6.07, 6.45) is 6.46. The quantitative estimate of drug-likeness (QED) is 0.472. The third-order valence-corrected chi connectivity index (χ3v) is 2.88. The molecule has 0 saturated heterocycles. The van der Waals surface area contributed by atoms with Crippen molar-refractivity contribution in [2.45, 2.75) is 25.7 Å². The van der Waals surface area contributed by atoms with Gasteiger partial charge in [0.15, 0.2) is 0 Å². The predicted molar refractivity (Wildman–Crippen MR) is 76.9 cm³/mol. The summed E-state index contributed by atoms with van der Waals surface area (Å²) in [7, 11) is 2.10. The Labute approximate surface area is 115 Å². The van der Waals surface area contributed by atoms with Crippen LogP contribution in [0, 0.1) is 11.9 Å². The van der Waals surface area contributed by atoms with E-state index in [4.69, 9.17) is 4.74 Å². The lowest BCUT2D eigenvalue weighted by Crippen LogP contribution is -2.19. The predicted octanol–water partition coefficient (Wildman–Crippen LogP) is 3.68. The first-order valence-corrected chi connectivity index (χ1v) is 6.82. The first-order chi connectivity index (χ1) is 9.22. The number of unbranched alkanes of at least 4 members (excludes halogenated alkanes) is 3. The van der Waals surface area contributed by atoms with Crippen LogP contribution in [0.2, 0.25) is 0 Å². The fourth-order valence-corrected chi connectivity index (χ4v) is 1.85. The minimum atomic E-state index is -0.372. The molecule has 0 aromatic heterocycles. The highest BCUT2D eigenvalue weighted by Gasteiger charge is 1.97. The zero-order valence-corrected chi connectivity index (χ0v) is 11.7. The fraction of sp³-hybridized carbons (Fsp3) is 0.500. The van der Waals surface area contributed by atoms with Gasteiger partial charge in [0, 0.05) is 18.7 Å². The summed E-state index contributed by atoms with van der Waals surface area (Å²) in [5.41, 5.74) is 0. The SMILES string of the molecule is C=CCN(C)CCCCCCOc1cc[c]c(F)c1. The van der Waals surface area contributed by atoms with Gasteiger partial charge < -0.3 is 9.64 Å². The largest absolute Gasteiger partial charge is 0.493 e. The molecule has 1 radical (unpaired) electrons. The molecule has 0 saturated carbocycles. The van der Waals surface area contributed by atoms with Crippen LogP contribution in [0.15, 0.2) is 30.9 Å². The maximum Gasteiger partial charge on any atom is 0.134 e. The van der Waals surface area contributed by atoms with Crippen LogP contribution in [0.3, 0.4) is 0 Å². The molecule has 0 N–H and O–H groups in total. The molecule has 1 aromatic carbocycles. The summed E-state index contributed by atoms with van der Waals surface area (Å²) in [6.45, 7) is 6.41. The normalized spacial score (nSPS) is 10.7. The molecule has 0 atom stereocenters. The monoisotopic (exact) mass is 264 g/mol. The van der Waals surface area contributed by atoms with Crippen LogP contribution < -0.4 is 4.74 Å². The Morgan fingerprint density at radius 3 is 2.89 bits per heavy atom. The van der Waals surface area contributed by atoms with Crippen LogP contribution in [0.1, 0.15) is 25.7 Å².